The molecule has 0 rings (SSSR count). The van der Waals surface area contributed by atoms with E-state index < -0.39 is 35.9 Å². The molecule has 126 valence electrons. The highest BCUT2D eigenvalue weighted by molar-refractivity contribution is 7.80. The summed E-state index contributed by atoms with van der Waals surface area (Å²) in [6.45, 7) is 0.292. The molecule has 2 atom stereocenters. The van der Waals surface area contributed by atoms with E-state index in [1.165, 1.54) is 0 Å². The number of carbonyl (C=O) groups excluding carboxylic acids is 3. The van der Waals surface area contributed by atoms with Gasteiger partial charge in [-0.2, -0.15) is 12.6 Å². The van der Waals surface area contributed by atoms with E-state index in [-0.39, 0.29) is 25.0 Å². The second-order valence-electron chi connectivity index (χ2n) is 4.47. The monoisotopic (exact) mass is 335 g/mol. The van der Waals surface area contributed by atoms with Crippen LogP contribution < -0.4 is 16.8 Å². The number of esters is 2. The van der Waals surface area contributed by atoms with E-state index in [0.29, 0.717) is 13.0 Å². The van der Waals surface area contributed by atoms with Gasteiger partial charge >= 0.3 is 17.9 Å². The maximum absolute atomic E-state index is 11.7. The molecule has 0 spiro atoms. The number of hydrogen-bond donors (Lipinski definition) is 5. The topological polar surface area (TPSA) is 162 Å². The molecular weight excluding hydrogens is 314 g/mol. The molecular formula is C12H21N3O6S. The minimum absolute atomic E-state index is 0.00292. The van der Waals surface area contributed by atoms with Crippen molar-refractivity contribution in [3.63, 3.8) is 0 Å². The van der Waals surface area contributed by atoms with Gasteiger partial charge in [-0.3, -0.25) is 14.4 Å². The maximum Gasteiger partial charge on any atom is 0.337 e. The molecule has 0 radical (unpaired) electrons. The van der Waals surface area contributed by atoms with Gasteiger partial charge in [0, 0.05) is 18.6 Å². The van der Waals surface area contributed by atoms with Crippen molar-refractivity contribution >= 4 is 36.4 Å². The second-order valence-corrected chi connectivity index (χ2v) is 4.84. The molecule has 0 fully saturated rings. The zero-order chi connectivity index (χ0) is 17.1. The van der Waals surface area contributed by atoms with Crippen LogP contribution in [0, 0.1) is 0 Å². The van der Waals surface area contributed by atoms with Crippen molar-refractivity contribution in [3.05, 3.63) is 0 Å². The summed E-state index contributed by atoms with van der Waals surface area (Å²) in [4.78, 5) is 45.1. The van der Waals surface area contributed by atoms with Gasteiger partial charge in [0.25, 0.3) is 0 Å². The summed E-state index contributed by atoms with van der Waals surface area (Å²) >= 11 is 3.90. The molecule has 0 saturated carbocycles. The third kappa shape index (κ3) is 8.60. The van der Waals surface area contributed by atoms with E-state index in [9.17, 15) is 19.2 Å². The smallest absolute Gasteiger partial charge is 0.337 e. The SMILES string of the molecule is NCCCC(=O)OC(=O)[C@H](CS)NC(=O)CC[C@H](N)C(=O)O. The molecule has 22 heavy (non-hydrogen) atoms. The van der Waals surface area contributed by atoms with Crippen molar-refractivity contribution in [2.75, 3.05) is 12.3 Å². The van der Waals surface area contributed by atoms with Gasteiger partial charge in [-0.1, -0.05) is 0 Å². The molecule has 0 bridgehead atoms. The average molecular weight is 335 g/mol. The number of carboxylic acids is 1. The highest BCUT2D eigenvalue weighted by atomic mass is 32.1. The minimum atomic E-state index is -1.22. The minimum Gasteiger partial charge on any atom is -0.480 e. The Labute approximate surface area is 133 Å². The van der Waals surface area contributed by atoms with E-state index >= 15 is 0 Å². The molecule has 0 aliphatic carbocycles. The first-order chi connectivity index (χ1) is 10.3. The summed E-state index contributed by atoms with van der Waals surface area (Å²) in [5.41, 5.74) is 10.5. The fourth-order valence-electron chi connectivity index (χ4n) is 1.34. The lowest BCUT2D eigenvalue weighted by Crippen LogP contribution is -2.44. The molecule has 0 aliphatic heterocycles. The first kappa shape index (κ1) is 20.3. The van der Waals surface area contributed by atoms with Crippen LogP contribution >= 0.6 is 12.6 Å². The molecule has 0 aliphatic rings. The molecule has 10 heteroatoms. The average Bonchev–Trinajstić information content (AvgIpc) is 2.47. The Balaban J connectivity index is 4.28. The summed E-state index contributed by atoms with van der Waals surface area (Å²) < 4.78 is 4.55. The molecule has 6 N–H and O–H groups in total. The molecule has 1 amide bonds. The van der Waals surface area contributed by atoms with Crippen LogP contribution in [0.2, 0.25) is 0 Å². The number of aliphatic carboxylic acids is 1. The highest BCUT2D eigenvalue weighted by Gasteiger charge is 2.23. The summed E-state index contributed by atoms with van der Waals surface area (Å²) in [6.07, 6.45) is 0.136. The lowest BCUT2D eigenvalue weighted by molar-refractivity contribution is -0.161. The van der Waals surface area contributed by atoms with Crippen LogP contribution in [0.1, 0.15) is 25.7 Å². The van der Waals surface area contributed by atoms with Crippen molar-refractivity contribution in [1.29, 1.82) is 0 Å². The van der Waals surface area contributed by atoms with E-state index in [2.05, 4.69) is 22.7 Å². The van der Waals surface area contributed by atoms with Crippen LogP contribution in [0.25, 0.3) is 0 Å². The van der Waals surface area contributed by atoms with Gasteiger partial charge in [-0.15, -0.1) is 0 Å². The Hall–Kier alpha value is -1.65. The maximum atomic E-state index is 11.7. The molecule has 0 unspecified atom stereocenters. The zero-order valence-corrected chi connectivity index (χ0v) is 12.9. The van der Waals surface area contributed by atoms with E-state index in [1.54, 1.807) is 0 Å². The van der Waals surface area contributed by atoms with Crippen molar-refractivity contribution in [2.24, 2.45) is 11.5 Å². The fraction of sp³-hybridized carbons (Fsp3) is 0.667. The summed E-state index contributed by atoms with van der Waals surface area (Å²) in [6, 6.07) is -2.26. The molecule has 0 aromatic carbocycles. The van der Waals surface area contributed by atoms with E-state index in [1.807, 2.05) is 0 Å². The second kappa shape index (κ2) is 11.0. The third-order valence-electron chi connectivity index (χ3n) is 2.60. The summed E-state index contributed by atoms with van der Waals surface area (Å²) in [5.74, 6) is -3.53. The summed E-state index contributed by atoms with van der Waals surface area (Å²) in [7, 11) is 0. The number of amides is 1. The molecule has 9 nitrogen and oxygen atoms in total. The van der Waals surface area contributed by atoms with Crippen LogP contribution in [0.3, 0.4) is 0 Å². The quantitative estimate of drug-likeness (QED) is 0.181. The highest BCUT2D eigenvalue weighted by Crippen LogP contribution is 2.00. The van der Waals surface area contributed by atoms with Gasteiger partial charge in [0.1, 0.15) is 12.1 Å². The number of nitrogens with one attached hydrogen (secondary N) is 1. The number of carboxylic acid groups (broad SMARTS) is 1. The Kier molecular flexibility index (Phi) is 10.2. The number of carbonyl (C=O) groups is 4. The molecule has 0 heterocycles. The van der Waals surface area contributed by atoms with Gasteiger partial charge in [-0.05, 0) is 19.4 Å². The largest absolute Gasteiger partial charge is 0.480 e. The van der Waals surface area contributed by atoms with Crippen LogP contribution in [-0.2, 0) is 23.9 Å². The van der Waals surface area contributed by atoms with Gasteiger partial charge in [0.2, 0.25) is 5.91 Å². The number of nitrogens with two attached hydrogens (primary N) is 2. The van der Waals surface area contributed by atoms with Crippen molar-refractivity contribution in [3.8, 4) is 0 Å². The number of hydrogen-bond acceptors (Lipinski definition) is 8. The Morgan fingerprint density at radius 1 is 1.23 bits per heavy atom. The predicted molar refractivity (Wildman–Crippen MR) is 80.0 cm³/mol. The van der Waals surface area contributed by atoms with Crippen molar-refractivity contribution in [2.45, 2.75) is 37.8 Å². The molecule has 0 aromatic heterocycles. The predicted octanol–water partition coefficient (Wildman–Crippen LogP) is -1.60. The Morgan fingerprint density at radius 2 is 1.86 bits per heavy atom. The van der Waals surface area contributed by atoms with Crippen LogP contribution in [0.15, 0.2) is 0 Å². The normalized spacial score (nSPS) is 13.0. The van der Waals surface area contributed by atoms with Gasteiger partial charge in [0.05, 0.1) is 0 Å². The summed E-state index contributed by atoms with van der Waals surface area (Å²) in [5, 5.41) is 10.9. The van der Waals surface area contributed by atoms with Gasteiger partial charge in [0.15, 0.2) is 0 Å². The van der Waals surface area contributed by atoms with E-state index in [4.69, 9.17) is 16.6 Å². The number of ether oxygens (including phenoxy) is 1. The standard InChI is InChI=1S/C12H21N3O6S/c13-5-1-2-10(17)21-12(20)8(6-22)15-9(16)4-3-7(14)11(18)19/h7-8,22H,1-6,13-14H2,(H,15,16)(H,18,19)/t7-,8-/m0/s1. The van der Waals surface area contributed by atoms with Crippen molar-refractivity contribution < 1.29 is 29.0 Å². The molecule has 0 aromatic rings. The lowest BCUT2D eigenvalue weighted by atomic mass is 10.1. The van der Waals surface area contributed by atoms with Crippen LogP contribution in [0.5, 0.6) is 0 Å². The van der Waals surface area contributed by atoms with Crippen molar-refractivity contribution in [1.82, 2.24) is 5.32 Å². The molecule has 0 saturated heterocycles. The first-order valence-corrected chi connectivity index (χ1v) is 7.28. The number of rotatable bonds is 10. The number of thiol groups is 1. The Morgan fingerprint density at radius 3 is 2.36 bits per heavy atom. The lowest BCUT2D eigenvalue weighted by Gasteiger charge is -2.15. The Bertz CT molecular complexity index is 418. The van der Waals surface area contributed by atoms with Crippen LogP contribution in [0.4, 0.5) is 0 Å². The van der Waals surface area contributed by atoms with Gasteiger partial charge < -0.3 is 26.6 Å². The zero-order valence-electron chi connectivity index (χ0n) is 12.0. The van der Waals surface area contributed by atoms with E-state index in [0.717, 1.165) is 0 Å². The van der Waals surface area contributed by atoms with Gasteiger partial charge in [-0.25, -0.2) is 4.79 Å². The van der Waals surface area contributed by atoms with Crippen LogP contribution in [-0.4, -0.2) is 53.3 Å². The third-order valence-corrected chi connectivity index (χ3v) is 2.97. The first-order valence-electron chi connectivity index (χ1n) is 6.65. The fourth-order valence-corrected chi connectivity index (χ4v) is 1.58.